The number of nitrogens with zero attached hydrogens (tertiary/aromatic N) is 3. The number of aliphatic hydroxyl groups is 1. The Morgan fingerprint density at radius 1 is 1.19 bits per heavy atom. The molecule has 232 valence electrons. The van der Waals surface area contributed by atoms with Gasteiger partial charge in [-0.15, -0.1) is 0 Å². The molecule has 0 saturated carbocycles. The molecular formula is C27H39N5O8S2. The maximum absolute atomic E-state index is 13.4. The number of aliphatic hydroxyl groups excluding tert-OH is 1. The fraction of sp³-hybridized carbons (Fsp3) is 0.593. The van der Waals surface area contributed by atoms with Crippen LogP contribution in [0.3, 0.4) is 0 Å². The van der Waals surface area contributed by atoms with E-state index in [1.54, 1.807) is 18.2 Å². The van der Waals surface area contributed by atoms with Crippen LogP contribution in [0, 0.1) is 0 Å². The quantitative estimate of drug-likeness (QED) is 0.338. The second kappa shape index (κ2) is 12.2. The van der Waals surface area contributed by atoms with Crippen LogP contribution in [0.5, 0.6) is 11.6 Å². The number of ether oxygens (including phenoxy) is 3. The lowest BCUT2D eigenvalue weighted by Crippen LogP contribution is -2.47. The van der Waals surface area contributed by atoms with Gasteiger partial charge in [0.05, 0.1) is 29.8 Å². The van der Waals surface area contributed by atoms with Crippen molar-refractivity contribution in [2.45, 2.75) is 59.8 Å². The summed E-state index contributed by atoms with van der Waals surface area (Å²) in [5, 5.41) is 13.8. The number of fused-ring (bicyclic) bond motifs is 1. The first-order chi connectivity index (χ1) is 19.9. The molecule has 1 unspecified atom stereocenters. The van der Waals surface area contributed by atoms with E-state index in [1.807, 2.05) is 18.9 Å². The Bertz CT molecular complexity index is 1480. The topological polar surface area (TPSA) is 160 Å². The molecule has 0 amide bonds. The van der Waals surface area contributed by atoms with Crippen LogP contribution in [0.4, 0.5) is 5.69 Å². The molecule has 2 saturated heterocycles. The summed E-state index contributed by atoms with van der Waals surface area (Å²) >= 11 is 0. The first kappa shape index (κ1) is 30.9. The normalized spacial score (nSPS) is 23.4. The maximum atomic E-state index is 13.4. The van der Waals surface area contributed by atoms with Gasteiger partial charge in [-0.05, 0) is 51.4 Å². The van der Waals surface area contributed by atoms with E-state index in [9.17, 15) is 21.9 Å². The van der Waals surface area contributed by atoms with Crippen molar-refractivity contribution in [1.29, 1.82) is 0 Å². The van der Waals surface area contributed by atoms with Gasteiger partial charge in [0, 0.05) is 38.8 Å². The lowest BCUT2D eigenvalue weighted by molar-refractivity contribution is -0.0312. The highest BCUT2D eigenvalue weighted by Crippen LogP contribution is 2.38. The molecule has 42 heavy (non-hydrogen) atoms. The highest BCUT2D eigenvalue weighted by atomic mass is 32.2. The van der Waals surface area contributed by atoms with Crippen LogP contribution in [0.15, 0.2) is 46.3 Å². The second-order valence-electron chi connectivity index (χ2n) is 11.2. The number of rotatable bonds is 10. The van der Waals surface area contributed by atoms with E-state index in [0.717, 1.165) is 0 Å². The number of nitrogens with one attached hydrogen (secondary N) is 2. The van der Waals surface area contributed by atoms with Gasteiger partial charge >= 0.3 is 0 Å². The summed E-state index contributed by atoms with van der Waals surface area (Å²) in [6, 6.07) is 7.72. The van der Waals surface area contributed by atoms with Gasteiger partial charge in [0.2, 0.25) is 25.9 Å². The zero-order valence-electron chi connectivity index (χ0n) is 24.0. The SMILES string of the molecule is CNS(=O)(=O)c1cccc(OCC(O)CN[C@H]2COC3(CCN(S(=O)(=O)c4cnc5c(c4)N(C)C[C@@H](C)O5)CC3)C2)c1. The average molecular weight is 626 g/mol. The monoisotopic (exact) mass is 625 g/mol. The maximum Gasteiger partial charge on any atom is 0.244 e. The van der Waals surface area contributed by atoms with Gasteiger partial charge in [0.15, 0.2) is 0 Å². The summed E-state index contributed by atoms with van der Waals surface area (Å²) in [4.78, 5) is 6.48. The van der Waals surface area contributed by atoms with E-state index in [4.69, 9.17) is 14.2 Å². The van der Waals surface area contributed by atoms with Crippen molar-refractivity contribution in [3.05, 3.63) is 36.5 Å². The van der Waals surface area contributed by atoms with Gasteiger partial charge in [0.25, 0.3) is 0 Å². The number of benzene rings is 1. The summed E-state index contributed by atoms with van der Waals surface area (Å²) in [6.07, 6.45) is 2.37. The van der Waals surface area contributed by atoms with E-state index >= 15 is 0 Å². The number of hydrogen-bond donors (Lipinski definition) is 3. The highest BCUT2D eigenvalue weighted by Gasteiger charge is 2.45. The second-order valence-corrected chi connectivity index (χ2v) is 15.0. The van der Waals surface area contributed by atoms with E-state index < -0.39 is 31.8 Å². The summed E-state index contributed by atoms with van der Waals surface area (Å²) in [7, 11) is -4.08. The Balaban J connectivity index is 1.09. The minimum atomic E-state index is -3.72. The molecule has 3 atom stereocenters. The van der Waals surface area contributed by atoms with Crippen molar-refractivity contribution in [1.82, 2.24) is 19.3 Å². The van der Waals surface area contributed by atoms with Crippen LogP contribution in [0.2, 0.25) is 0 Å². The lowest BCUT2D eigenvalue weighted by Gasteiger charge is -2.38. The third kappa shape index (κ3) is 6.67. The fourth-order valence-corrected chi connectivity index (χ4v) is 7.82. The number of sulfonamides is 2. The fourth-order valence-electron chi connectivity index (χ4n) is 5.65. The molecular weight excluding hydrogens is 586 g/mol. The minimum absolute atomic E-state index is 0.00896. The zero-order chi connectivity index (χ0) is 30.1. The van der Waals surface area contributed by atoms with Gasteiger partial charge in [-0.25, -0.2) is 26.5 Å². The number of piperidine rings is 1. The summed E-state index contributed by atoms with van der Waals surface area (Å²) in [6.45, 7) is 3.99. The molecule has 2 aromatic rings. The molecule has 0 aliphatic carbocycles. The molecule has 0 radical (unpaired) electrons. The van der Waals surface area contributed by atoms with Gasteiger partial charge in [-0.3, -0.25) is 0 Å². The third-order valence-electron chi connectivity index (χ3n) is 8.01. The van der Waals surface area contributed by atoms with Crippen LogP contribution < -0.4 is 24.4 Å². The Morgan fingerprint density at radius 2 is 1.95 bits per heavy atom. The molecule has 1 aromatic heterocycles. The number of likely N-dealkylation sites (N-methyl/N-ethyl adjacent to an activating group) is 1. The van der Waals surface area contributed by atoms with E-state index in [-0.39, 0.29) is 35.1 Å². The largest absolute Gasteiger partial charge is 0.491 e. The van der Waals surface area contributed by atoms with Crippen LogP contribution in [-0.2, 0) is 24.8 Å². The predicted molar refractivity (Wildman–Crippen MR) is 155 cm³/mol. The van der Waals surface area contributed by atoms with Crippen LogP contribution in [0.1, 0.15) is 26.2 Å². The summed E-state index contributed by atoms with van der Waals surface area (Å²) in [5.41, 5.74) is 0.251. The van der Waals surface area contributed by atoms with Gasteiger partial charge in [-0.1, -0.05) is 6.07 Å². The summed E-state index contributed by atoms with van der Waals surface area (Å²) < 4.78 is 72.1. The third-order valence-corrected chi connectivity index (χ3v) is 11.3. The average Bonchev–Trinajstić information content (AvgIpc) is 3.37. The lowest BCUT2D eigenvalue weighted by atomic mass is 9.88. The van der Waals surface area contributed by atoms with Crippen molar-refractivity contribution in [3.8, 4) is 11.6 Å². The van der Waals surface area contributed by atoms with Gasteiger partial charge < -0.3 is 29.5 Å². The highest BCUT2D eigenvalue weighted by molar-refractivity contribution is 7.89. The number of aromatic nitrogens is 1. The number of anilines is 1. The minimum Gasteiger partial charge on any atom is -0.491 e. The number of pyridine rings is 1. The molecule has 13 nitrogen and oxygen atoms in total. The smallest absolute Gasteiger partial charge is 0.244 e. The Hall–Kier alpha value is -2.53. The van der Waals surface area contributed by atoms with Gasteiger partial charge in [-0.2, -0.15) is 4.31 Å². The first-order valence-corrected chi connectivity index (χ1v) is 16.9. The molecule has 0 bridgehead atoms. The molecule has 4 heterocycles. The summed E-state index contributed by atoms with van der Waals surface area (Å²) in [5.74, 6) is 0.785. The van der Waals surface area contributed by atoms with Crippen LogP contribution in [0.25, 0.3) is 0 Å². The molecule has 3 aliphatic heterocycles. The van der Waals surface area contributed by atoms with Gasteiger partial charge in [0.1, 0.15) is 35.1 Å². The predicted octanol–water partition coefficient (Wildman–Crippen LogP) is 0.549. The van der Waals surface area contributed by atoms with Crippen molar-refractivity contribution in [2.75, 3.05) is 58.4 Å². The standard InChI is InChI=1S/C27H39N5O8S2/c1-19-16-31(3)25-12-24(15-30-26(25)40-19)42(36,37)32-9-7-27(8-10-32)13-20(17-39-27)29-14-21(33)18-38-22-5-4-6-23(11-22)41(34,35)28-2/h4-6,11-12,15,19-21,28-29,33H,7-10,13-14,16-18H2,1-3H3/t19-,20-,21?/m1/s1. The molecule has 5 rings (SSSR count). The Kier molecular flexibility index (Phi) is 9.00. The molecule has 1 aromatic carbocycles. The van der Waals surface area contributed by atoms with E-state index in [2.05, 4.69) is 15.0 Å². The Labute approximate surface area is 247 Å². The molecule has 3 aliphatic rings. The Morgan fingerprint density at radius 3 is 2.69 bits per heavy atom. The van der Waals surface area contributed by atoms with Crippen molar-refractivity contribution >= 4 is 25.7 Å². The van der Waals surface area contributed by atoms with Crippen molar-refractivity contribution in [2.24, 2.45) is 0 Å². The van der Waals surface area contributed by atoms with Crippen molar-refractivity contribution < 1.29 is 36.2 Å². The van der Waals surface area contributed by atoms with E-state index in [1.165, 1.54) is 29.7 Å². The van der Waals surface area contributed by atoms with E-state index in [0.29, 0.717) is 62.8 Å². The van der Waals surface area contributed by atoms with Crippen LogP contribution in [-0.4, -0.2) is 109 Å². The van der Waals surface area contributed by atoms with Crippen molar-refractivity contribution in [3.63, 3.8) is 0 Å². The zero-order valence-corrected chi connectivity index (χ0v) is 25.7. The number of hydrogen-bond acceptors (Lipinski definition) is 11. The molecule has 1 spiro atoms. The molecule has 2 fully saturated rings. The van der Waals surface area contributed by atoms with Crippen LogP contribution >= 0.6 is 0 Å². The molecule has 3 N–H and O–H groups in total. The first-order valence-electron chi connectivity index (χ1n) is 14.0. The molecule has 15 heteroatoms.